The topological polar surface area (TPSA) is 74.8 Å². The van der Waals surface area contributed by atoms with E-state index in [1.54, 1.807) is 6.92 Å². The molecule has 2 N–H and O–H groups in total. The van der Waals surface area contributed by atoms with E-state index in [9.17, 15) is 8.42 Å². The van der Waals surface area contributed by atoms with Crippen molar-refractivity contribution in [2.75, 3.05) is 4.72 Å². The maximum absolute atomic E-state index is 12.4. The third-order valence-corrected chi connectivity index (χ3v) is 4.70. The zero-order valence-corrected chi connectivity index (χ0v) is 12.9. The van der Waals surface area contributed by atoms with E-state index in [0.717, 1.165) is 11.1 Å². The first-order valence-corrected chi connectivity index (χ1v) is 7.93. The third kappa shape index (κ3) is 2.70. The number of aromatic nitrogens is 2. The van der Waals surface area contributed by atoms with Gasteiger partial charge in [0.1, 0.15) is 4.90 Å². The summed E-state index contributed by atoms with van der Waals surface area (Å²) in [6.07, 6.45) is 1.32. The highest BCUT2D eigenvalue weighted by molar-refractivity contribution is 7.92. The van der Waals surface area contributed by atoms with Crippen LogP contribution >= 0.6 is 0 Å². The number of sulfonamides is 1. The Labute approximate surface area is 119 Å². The molecule has 0 aliphatic carbocycles. The van der Waals surface area contributed by atoms with Gasteiger partial charge in [-0.1, -0.05) is 32.0 Å². The zero-order chi connectivity index (χ0) is 14.9. The molecule has 0 aliphatic heterocycles. The van der Waals surface area contributed by atoms with Gasteiger partial charge in [-0.05, 0) is 30.9 Å². The van der Waals surface area contributed by atoms with E-state index in [1.807, 2.05) is 39.0 Å². The Morgan fingerprint density at radius 3 is 2.50 bits per heavy atom. The van der Waals surface area contributed by atoms with Crippen LogP contribution in [-0.2, 0) is 10.0 Å². The van der Waals surface area contributed by atoms with Gasteiger partial charge in [-0.2, -0.15) is 5.10 Å². The molecule has 0 radical (unpaired) electrons. The number of benzene rings is 1. The number of H-pyrrole nitrogens is 1. The highest BCUT2D eigenvalue weighted by Crippen LogP contribution is 2.29. The third-order valence-electron chi connectivity index (χ3n) is 3.24. The van der Waals surface area contributed by atoms with E-state index in [1.165, 1.54) is 6.20 Å². The van der Waals surface area contributed by atoms with Gasteiger partial charge in [0.25, 0.3) is 10.0 Å². The van der Waals surface area contributed by atoms with Gasteiger partial charge in [0, 0.05) is 0 Å². The van der Waals surface area contributed by atoms with Gasteiger partial charge in [0.15, 0.2) is 0 Å². The van der Waals surface area contributed by atoms with Crippen LogP contribution in [0.3, 0.4) is 0 Å². The van der Waals surface area contributed by atoms with Crippen LogP contribution < -0.4 is 4.72 Å². The summed E-state index contributed by atoms with van der Waals surface area (Å²) in [4.78, 5) is 0.176. The second-order valence-electron chi connectivity index (χ2n) is 5.16. The van der Waals surface area contributed by atoms with Gasteiger partial charge in [-0.25, -0.2) is 8.42 Å². The molecule has 108 valence electrons. The molecule has 0 spiro atoms. The fourth-order valence-corrected chi connectivity index (χ4v) is 3.41. The van der Waals surface area contributed by atoms with Crippen LogP contribution in [0.1, 0.15) is 36.6 Å². The maximum Gasteiger partial charge on any atom is 0.265 e. The molecule has 1 heterocycles. The fourth-order valence-electron chi connectivity index (χ4n) is 2.11. The lowest BCUT2D eigenvalue weighted by molar-refractivity contribution is 0.600. The molecule has 0 saturated heterocycles. The quantitative estimate of drug-likeness (QED) is 0.910. The van der Waals surface area contributed by atoms with E-state index in [0.29, 0.717) is 11.4 Å². The largest absolute Gasteiger partial charge is 0.281 e. The molecule has 2 aromatic rings. The Morgan fingerprint density at radius 1 is 1.25 bits per heavy atom. The van der Waals surface area contributed by atoms with Crippen molar-refractivity contribution in [3.63, 3.8) is 0 Å². The number of para-hydroxylation sites is 1. The number of hydrogen-bond donors (Lipinski definition) is 2. The van der Waals surface area contributed by atoms with Crippen LogP contribution in [0.25, 0.3) is 0 Å². The minimum absolute atomic E-state index is 0.176. The first-order valence-electron chi connectivity index (χ1n) is 6.45. The second kappa shape index (κ2) is 5.28. The predicted octanol–water partition coefficient (Wildman–Crippen LogP) is 2.95. The lowest BCUT2D eigenvalue weighted by Crippen LogP contribution is -2.16. The minimum atomic E-state index is -3.62. The van der Waals surface area contributed by atoms with E-state index >= 15 is 0 Å². The first kappa shape index (κ1) is 14.6. The zero-order valence-electron chi connectivity index (χ0n) is 12.1. The van der Waals surface area contributed by atoms with Crippen molar-refractivity contribution in [1.29, 1.82) is 0 Å². The second-order valence-corrected chi connectivity index (χ2v) is 6.81. The average Bonchev–Trinajstić information content (AvgIpc) is 2.78. The Kier molecular flexibility index (Phi) is 3.85. The molecule has 0 atom stereocenters. The summed E-state index contributed by atoms with van der Waals surface area (Å²) >= 11 is 0. The number of anilines is 1. The number of rotatable bonds is 4. The summed E-state index contributed by atoms with van der Waals surface area (Å²) in [5.74, 6) is 0.234. The molecule has 0 unspecified atom stereocenters. The van der Waals surface area contributed by atoms with Crippen molar-refractivity contribution in [3.8, 4) is 0 Å². The SMILES string of the molecule is Cc1cccc(C(C)C)c1NS(=O)(=O)c1cn[nH]c1C. The van der Waals surface area contributed by atoms with Crippen molar-refractivity contribution in [1.82, 2.24) is 10.2 Å². The molecular formula is C14H19N3O2S. The normalized spacial score (nSPS) is 11.8. The number of aryl methyl sites for hydroxylation is 2. The molecule has 6 heteroatoms. The van der Waals surface area contributed by atoms with Crippen LogP contribution in [0.4, 0.5) is 5.69 Å². The fraction of sp³-hybridized carbons (Fsp3) is 0.357. The van der Waals surface area contributed by atoms with Gasteiger partial charge < -0.3 is 0 Å². The molecular weight excluding hydrogens is 274 g/mol. The minimum Gasteiger partial charge on any atom is -0.281 e. The Hall–Kier alpha value is -1.82. The molecule has 2 rings (SSSR count). The summed E-state index contributed by atoms with van der Waals surface area (Å²) in [7, 11) is -3.62. The van der Waals surface area contributed by atoms with Crippen LogP contribution in [0, 0.1) is 13.8 Å². The van der Waals surface area contributed by atoms with Crippen LogP contribution in [-0.4, -0.2) is 18.6 Å². The molecule has 5 nitrogen and oxygen atoms in total. The molecule has 0 saturated carbocycles. The smallest absolute Gasteiger partial charge is 0.265 e. The number of nitrogens with one attached hydrogen (secondary N) is 2. The van der Waals surface area contributed by atoms with Crippen LogP contribution in [0.5, 0.6) is 0 Å². The highest BCUT2D eigenvalue weighted by Gasteiger charge is 2.21. The van der Waals surface area contributed by atoms with Crippen molar-refractivity contribution in [2.45, 2.75) is 38.5 Å². The predicted molar refractivity (Wildman–Crippen MR) is 79.4 cm³/mol. The van der Waals surface area contributed by atoms with E-state index < -0.39 is 10.0 Å². The Balaban J connectivity index is 2.48. The van der Waals surface area contributed by atoms with Gasteiger partial charge in [-0.15, -0.1) is 0 Å². The maximum atomic E-state index is 12.4. The number of hydrogen-bond acceptors (Lipinski definition) is 3. The summed E-state index contributed by atoms with van der Waals surface area (Å²) < 4.78 is 27.6. The van der Waals surface area contributed by atoms with Crippen molar-refractivity contribution in [3.05, 3.63) is 41.2 Å². The molecule has 0 aliphatic rings. The molecule has 1 aromatic carbocycles. The van der Waals surface area contributed by atoms with Gasteiger partial charge >= 0.3 is 0 Å². The van der Waals surface area contributed by atoms with E-state index in [-0.39, 0.29) is 10.8 Å². The average molecular weight is 293 g/mol. The van der Waals surface area contributed by atoms with Crippen LogP contribution in [0.2, 0.25) is 0 Å². The summed E-state index contributed by atoms with van der Waals surface area (Å²) in [6, 6.07) is 5.77. The van der Waals surface area contributed by atoms with Gasteiger partial charge in [0.05, 0.1) is 17.6 Å². The number of aromatic amines is 1. The molecule has 20 heavy (non-hydrogen) atoms. The van der Waals surface area contributed by atoms with Gasteiger partial charge in [-0.3, -0.25) is 9.82 Å². The van der Waals surface area contributed by atoms with E-state index in [2.05, 4.69) is 14.9 Å². The van der Waals surface area contributed by atoms with E-state index in [4.69, 9.17) is 0 Å². The monoisotopic (exact) mass is 293 g/mol. The summed E-state index contributed by atoms with van der Waals surface area (Å²) in [6.45, 7) is 7.65. The molecule has 1 aromatic heterocycles. The highest BCUT2D eigenvalue weighted by atomic mass is 32.2. The van der Waals surface area contributed by atoms with Crippen molar-refractivity contribution >= 4 is 15.7 Å². The lowest BCUT2D eigenvalue weighted by Gasteiger charge is -2.17. The first-order chi connectivity index (χ1) is 9.33. The summed E-state index contributed by atoms with van der Waals surface area (Å²) in [5, 5.41) is 6.41. The van der Waals surface area contributed by atoms with Gasteiger partial charge in [0.2, 0.25) is 0 Å². The molecule has 0 amide bonds. The lowest BCUT2D eigenvalue weighted by atomic mass is 9.99. The number of nitrogens with zero attached hydrogens (tertiary/aromatic N) is 1. The summed E-state index contributed by atoms with van der Waals surface area (Å²) in [5.41, 5.74) is 3.07. The van der Waals surface area contributed by atoms with Crippen LogP contribution in [0.15, 0.2) is 29.3 Å². The van der Waals surface area contributed by atoms with Crippen molar-refractivity contribution < 1.29 is 8.42 Å². The van der Waals surface area contributed by atoms with Crippen molar-refractivity contribution in [2.24, 2.45) is 0 Å². The Bertz CT molecular complexity index is 718. The Morgan fingerprint density at radius 2 is 1.95 bits per heavy atom. The molecule has 0 fully saturated rings. The standard InChI is InChI=1S/C14H19N3O2S/c1-9(2)12-7-5-6-10(3)14(12)17-20(18,19)13-8-15-16-11(13)4/h5-9,17H,1-4H3,(H,15,16). The molecule has 0 bridgehead atoms.